The van der Waals surface area contributed by atoms with Gasteiger partial charge in [-0.25, -0.2) is 14.1 Å². The maximum absolute atomic E-state index is 13.0. The van der Waals surface area contributed by atoms with Gasteiger partial charge in [0.25, 0.3) is 5.56 Å². The molecule has 1 N–H and O–H groups in total. The van der Waals surface area contributed by atoms with Gasteiger partial charge in [-0.3, -0.25) is 14.2 Å². The Kier molecular flexibility index (Phi) is 5.14. The zero-order valence-electron chi connectivity index (χ0n) is 15.3. The maximum Gasteiger partial charge on any atom is 0.283 e. The monoisotopic (exact) mass is 384 g/mol. The number of amides is 1. The molecule has 2 heterocycles. The van der Waals surface area contributed by atoms with Crippen molar-refractivity contribution in [2.45, 2.75) is 51.2 Å². The first-order valence-corrected chi connectivity index (χ1v) is 9.42. The molecule has 1 aromatic carbocycles. The summed E-state index contributed by atoms with van der Waals surface area (Å²) < 4.78 is 15.8. The Balaban J connectivity index is 1.50. The zero-order valence-corrected chi connectivity index (χ0v) is 15.3. The molecule has 0 bridgehead atoms. The van der Waals surface area contributed by atoms with Gasteiger partial charge in [0.05, 0.1) is 6.54 Å². The third-order valence-electron chi connectivity index (χ3n) is 5.02. The number of fused-ring (bicyclic) bond motifs is 1. The minimum atomic E-state index is -0.408. The van der Waals surface area contributed by atoms with Crippen molar-refractivity contribution in [2.75, 3.05) is 0 Å². The lowest BCUT2D eigenvalue weighted by atomic mass is 9.95. The van der Waals surface area contributed by atoms with E-state index in [0.717, 1.165) is 31.2 Å². The summed E-state index contributed by atoms with van der Waals surface area (Å²) in [6, 6.07) is 6.18. The predicted molar refractivity (Wildman–Crippen MR) is 100 cm³/mol. The van der Waals surface area contributed by atoms with E-state index in [9.17, 15) is 14.0 Å². The Morgan fingerprint density at radius 2 is 1.93 bits per heavy atom. The van der Waals surface area contributed by atoms with E-state index in [-0.39, 0.29) is 29.8 Å². The highest BCUT2D eigenvalue weighted by Gasteiger charge is 2.18. The first-order chi connectivity index (χ1) is 13.6. The highest BCUT2D eigenvalue weighted by atomic mass is 19.1. The first kappa shape index (κ1) is 18.3. The van der Waals surface area contributed by atoms with Crippen LogP contribution in [0.25, 0.3) is 11.2 Å². The molecule has 4 rings (SSSR count). The van der Waals surface area contributed by atoms with Crippen molar-refractivity contribution in [2.24, 2.45) is 0 Å². The molecule has 1 aliphatic rings. The average molecular weight is 384 g/mol. The molecule has 1 fully saturated rings. The molecule has 28 heavy (non-hydrogen) atoms. The molecule has 1 amide bonds. The summed E-state index contributed by atoms with van der Waals surface area (Å²) >= 11 is 0. The standard InChI is InChI=1S/C19H21FN6O2/c20-14-8-6-13(7-9-14)10-26-18-17(23-24-26)19(28)25(12-21-18)11-16(27)22-15-4-2-1-3-5-15/h6-9,12,15H,1-5,10-11H2,(H,22,27). The van der Waals surface area contributed by atoms with Gasteiger partial charge in [-0.15, -0.1) is 5.10 Å². The van der Waals surface area contributed by atoms with Gasteiger partial charge in [0.15, 0.2) is 11.2 Å². The summed E-state index contributed by atoms with van der Waals surface area (Å²) in [6.07, 6.45) is 6.76. The number of benzene rings is 1. The minimum Gasteiger partial charge on any atom is -0.352 e. The number of hydrogen-bond acceptors (Lipinski definition) is 5. The number of nitrogens with zero attached hydrogens (tertiary/aromatic N) is 5. The van der Waals surface area contributed by atoms with Gasteiger partial charge in [-0.2, -0.15) is 0 Å². The van der Waals surface area contributed by atoms with Crippen LogP contribution in [0.4, 0.5) is 4.39 Å². The van der Waals surface area contributed by atoms with Crippen molar-refractivity contribution >= 4 is 17.1 Å². The Bertz CT molecular complexity index is 1040. The van der Waals surface area contributed by atoms with Crippen LogP contribution in [0, 0.1) is 5.82 Å². The summed E-state index contributed by atoms with van der Waals surface area (Å²) in [5, 5.41) is 10.9. The lowest BCUT2D eigenvalue weighted by Crippen LogP contribution is -2.39. The van der Waals surface area contributed by atoms with Gasteiger partial charge in [0.2, 0.25) is 5.91 Å². The molecule has 0 saturated heterocycles. The quantitative estimate of drug-likeness (QED) is 0.721. The van der Waals surface area contributed by atoms with E-state index in [2.05, 4.69) is 20.6 Å². The normalized spacial score (nSPS) is 15.0. The van der Waals surface area contributed by atoms with Gasteiger partial charge >= 0.3 is 0 Å². The van der Waals surface area contributed by atoms with Gasteiger partial charge in [-0.1, -0.05) is 36.6 Å². The van der Waals surface area contributed by atoms with Crippen LogP contribution in [-0.2, 0) is 17.9 Å². The molecule has 0 radical (unpaired) electrons. The smallest absolute Gasteiger partial charge is 0.283 e. The number of carbonyl (C=O) groups is 1. The van der Waals surface area contributed by atoms with Crippen LogP contribution < -0.4 is 10.9 Å². The van der Waals surface area contributed by atoms with Crippen LogP contribution in [-0.4, -0.2) is 36.5 Å². The van der Waals surface area contributed by atoms with Crippen LogP contribution in [0.5, 0.6) is 0 Å². The zero-order chi connectivity index (χ0) is 19.5. The topological polar surface area (TPSA) is 94.7 Å². The third-order valence-corrected chi connectivity index (χ3v) is 5.02. The van der Waals surface area contributed by atoms with Crippen molar-refractivity contribution in [3.05, 3.63) is 52.3 Å². The lowest BCUT2D eigenvalue weighted by molar-refractivity contribution is -0.122. The number of carbonyl (C=O) groups excluding carboxylic acids is 1. The van der Waals surface area contributed by atoms with Crippen molar-refractivity contribution in [3.8, 4) is 0 Å². The second kappa shape index (κ2) is 7.87. The average Bonchev–Trinajstić information content (AvgIpc) is 3.10. The molecule has 2 aromatic heterocycles. The Labute approximate surface area is 160 Å². The molecule has 0 spiro atoms. The van der Waals surface area contributed by atoms with E-state index >= 15 is 0 Å². The number of aromatic nitrogens is 5. The van der Waals surface area contributed by atoms with Crippen LogP contribution in [0.2, 0.25) is 0 Å². The molecule has 146 valence electrons. The lowest BCUT2D eigenvalue weighted by Gasteiger charge is -2.22. The summed E-state index contributed by atoms with van der Waals surface area (Å²) in [4.78, 5) is 29.2. The third kappa shape index (κ3) is 3.92. The Morgan fingerprint density at radius 3 is 2.68 bits per heavy atom. The van der Waals surface area contributed by atoms with Gasteiger partial charge in [-0.05, 0) is 30.5 Å². The molecule has 9 heteroatoms. The van der Waals surface area contributed by atoms with Gasteiger partial charge in [0, 0.05) is 6.04 Å². The number of nitrogens with one attached hydrogen (secondary N) is 1. The first-order valence-electron chi connectivity index (χ1n) is 9.42. The van der Waals surface area contributed by atoms with Crippen LogP contribution in [0.15, 0.2) is 35.4 Å². The molecule has 1 aliphatic carbocycles. The molecule has 0 atom stereocenters. The highest BCUT2D eigenvalue weighted by molar-refractivity contribution is 5.76. The molecule has 0 unspecified atom stereocenters. The van der Waals surface area contributed by atoms with Crippen molar-refractivity contribution < 1.29 is 9.18 Å². The summed E-state index contributed by atoms with van der Waals surface area (Å²) in [5.74, 6) is -0.520. The van der Waals surface area contributed by atoms with E-state index in [0.29, 0.717) is 12.2 Å². The molecule has 8 nitrogen and oxygen atoms in total. The van der Waals surface area contributed by atoms with Crippen LogP contribution in [0.3, 0.4) is 0 Å². The van der Waals surface area contributed by atoms with E-state index < -0.39 is 5.56 Å². The predicted octanol–water partition coefficient (Wildman–Crippen LogP) is 1.62. The molecule has 1 saturated carbocycles. The van der Waals surface area contributed by atoms with Crippen LogP contribution >= 0.6 is 0 Å². The summed E-state index contributed by atoms with van der Waals surface area (Å²) in [7, 11) is 0. The van der Waals surface area contributed by atoms with Crippen molar-refractivity contribution in [1.82, 2.24) is 29.9 Å². The molecule has 0 aliphatic heterocycles. The SMILES string of the molecule is O=C(Cn1cnc2c(nnn2Cc2ccc(F)cc2)c1=O)NC1CCCCC1. The summed E-state index contributed by atoms with van der Waals surface area (Å²) in [6.45, 7) is 0.221. The summed E-state index contributed by atoms with van der Waals surface area (Å²) in [5.41, 5.74) is 0.841. The number of hydrogen-bond donors (Lipinski definition) is 1. The fourth-order valence-electron chi connectivity index (χ4n) is 3.54. The number of halogens is 1. The Hall–Kier alpha value is -3.10. The van der Waals surface area contributed by atoms with E-state index in [1.165, 1.54) is 34.1 Å². The fraction of sp³-hybridized carbons (Fsp3) is 0.421. The molecule has 3 aromatic rings. The fourth-order valence-corrected chi connectivity index (χ4v) is 3.54. The molecular weight excluding hydrogens is 363 g/mol. The van der Waals surface area contributed by atoms with E-state index in [4.69, 9.17) is 0 Å². The van der Waals surface area contributed by atoms with Crippen LogP contribution in [0.1, 0.15) is 37.7 Å². The Morgan fingerprint density at radius 1 is 1.18 bits per heavy atom. The largest absolute Gasteiger partial charge is 0.352 e. The van der Waals surface area contributed by atoms with Crippen molar-refractivity contribution in [1.29, 1.82) is 0 Å². The second-order valence-corrected chi connectivity index (χ2v) is 7.13. The van der Waals surface area contributed by atoms with E-state index in [1.54, 1.807) is 12.1 Å². The second-order valence-electron chi connectivity index (χ2n) is 7.13. The maximum atomic E-state index is 13.0. The van der Waals surface area contributed by atoms with E-state index in [1.807, 2.05) is 0 Å². The van der Waals surface area contributed by atoms with Gasteiger partial charge in [0.1, 0.15) is 18.7 Å². The highest BCUT2D eigenvalue weighted by Crippen LogP contribution is 2.17. The number of rotatable bonds is 5. The molecular formula is C19H21FN6O2. The van der Waals surface area contributed by atoms with Gasteiger partial charge < -0.3 is 5.32 Å². The minimum absolute atomic E-state index is 0.0942. The van der Waals surface area contributed by atoms with Crippen molar-refractivity contribution in [3.63, 3.8) is 0 Å².